The molecule has 1 aromatic rings. The first-order chi connectivity index (χ1) is 7.26. The van der Waals surface area contributed by atoms with Crippen molar-refractivity contribution < 1.29 is 13.9 Å². The number of aromatic nitrogens is 1. The van der Waals surface area contributed by atoms with E-state index >= 15 is 0 Å². The maximum atomic E-state index is 10.9. The van der Waals surface area contributed by atoms with E-state index in [1.54, 1.807) is 18.0 Å². The first kappa shape index (κ1) is 12.1. The highest BCUT2D eigenvalue weighted by molar-refractivity contribution is 7.98. The molecule has 0 bridgehead atoms. The SMILES string of the molecule is CCCSCc1cnc(CC(=O)OC)o1. The first-order valence-electron chi connectivity index (χ1n) is 4.84. The van der Waals surface area contributed by atoms with Crippen LogP contribution in [0.5, 0.6) is 0 Å². The number of methoxy groups -OCH3 is 1. The number of oxazole rings is 1. The first-order valence-corrected chi connectivity index (χ1v) is 6.00. The van der Waals surface area contributed by atoms with Gasteiger partial charge in [-0.2, -0.15) is 11.8 Å². The Bertz CT molecular complexity index is 311. The number of hydrogen-bond acceptors (Lipinski definition) is 5. The van der Waals surface area contributed by atoms with Gasteiger partial charge in [-0.05, 0) is 12.2 Å². The zero-order valence-electron chi connectivity index (χ0n) is 8.99. The van der Waals surface area contributed by atoms with E-state index in [-0.39, 0.29) is 12.4 Å². The quantitative estimate of drug-likeness (QED) is 0.552. The van der Waals surface area contributed by atoms with Gasteiger partial charge in [-0.1, -0.05) is 6.92 Å². The Labute approximate surface area is 93.4 Å². The maximum Gasteiger partial charge on any atom is 0.314 e. The van der Waals surface area contributed by atoms with Crippen LogP contribution in [-0.2, 0) is 21.7 Å². The maximum absolute atomic E-state index is 10.9. The summed E-state index contributed by atoms with van der Waals surface area (Å²) in [5.41, 5.74) is 0. The third-order valence-electron chi connectivity index (χ3n) is 1.72. The number of esters is 1. The molecular weight excluding hydrogens is 214 g/mol. The molecule has 0 aliphatic carbocycles. The molecule has 0 saturated heterocycles. The summed E-state index contributed by atoms with van der Waals surface area (Å²) in [6.07, 6.45) is 2.92. The zero-order valence-corrected chi connectivity index (χ0v) is 9.80. The van der Waals surface area contributed by atoms with Crippen molar-refractivity contribution in [2.75, 3.05) is 12.9 Å². The molecular formula is C10H15NO3S. The molecule has 0 amide bonds. The molecule has 0 aromatic carbocycles. The number of ether oxygens (including phenoxy) is 1. The number of hydrogen-bond donors (Lipinski definition) is 0. The minimum atomic E-state index is -0.329. The van der Waals surface area contributed by atoms with Crippen LogP contribution in [0.4, 0.5) is 0 Å². The van der Waals surface area contributed by atoms with Gasteiger partial charge in [0.1, 0.15) is 12.2 Å². The van der Waals surface area contributed by atoms with Crippen LogP contribution in [0.3, 0.4) is 0 Å². The second kappa shape index (κ2) is 6.50. The van der Waals surface area contributed by atoms with Gasteiger partial charge in [0, 0.05) is 0 Å². The summed E-state index contributed by atoms with van der Waals surface area (Å²) < 4.78 is 9.89. The Balaban J connectivity index is 2.38. The number of nitrogens with zero attached hydrogens (tertiary/aromatic N) is 1. The molecule has 1 rings (SSSR count). The summed E-state index contributed by atoms with van der Waals surface area (Å²) in [5, 5.41) is 0. The third-order valence-corrected chi connectivity index (χ3v) is 2.90. The number of thioether (sulfide) groups is 1. The molecule has 0 N–H and O–H groups in total. The van der Waals surface area contributed by atoms with Crippen molar-refractivity contribution in [1.82, 2.24) is 4.98 Å². The van der Waals surface area contributed by atoms with Crippen LogP contribution in [0, 0.1) is 0 Å². The van der Waals surface area contributed by atoms with Crippen molar-refractivity contribution >= 4 is 17.7 Å². The zero-order chi connectivity index (χ0) is 11.1. The summed E-state index contributed by atoms with van der Waals surface area (Å²) in [6.45, 7) is 2.13. The Morgan fingerprint density at radius 2 is 2.47 bits per heavy atom. The predicted molar refractivity (Wildman–Crippen MR) is 58.7 cm³/mol. The summed E-state index contributed by atoms with van der Waals surface area (Å²) >= 11 is 1.79. The molecule has 0 atom stereocenters. The highest BCUT2D eigenvalue weighted by Gasteiger charge is 2.09. The third kappa shape index (κ3) is 4.38. The second-order valence-corrected chi connectivity index (χ2v) is 4.13. The van der Waals surface area contributed by atoms with Crippen LogP contribution >= 0.6 is 11.8 Å². The van der Waals surface area contributed by atoms with Crippen molar-refractivity contribution in [2.24, 2.45) is 0 Å². The molecule has 5 heteroatoms. The van der Waals surface area contributed by atoms with Crippen LogP contribution in [0.25, 0.3) is 0 Å². The minimum absolute atomic E-state index is 0.106. The van der Waals surface area contributed by atoms with E-state index in [1.165, 1.54) is 7.11 Å². The summed E-state index contributed by atoms with van der Waals surface area (Å²) in [5.74, 6) is 2.82. The lowest BCUT2D eigenvalue weighted by atomic mass is 10.4. The van der Waals surface area contributed by atoms with E-state index in [9.17, 15) is 4.79 Å². The van der Waals surface area contributed by atoms with Crippen LogP contribution in [0.2, 0.25) is 0 Å². The van der Waals surface area contributed by atoms with Crippen molar-refractivity contribution in [3.63, 3.8) is 0 Å². The van der Waals surface area contributed by atoms with Gasteiger partial charge in [0.2, 0.25) is 5.89 Å². The molecule has 0 aliphatic heterocycles. The Morgan fingerprint density at radius 3 is 3.13 bits per heavy atom. The molecule has 0 aliphatic rings. The van der Waals surface area contributed by atoms with Crippen molar-refractivity contribution in [3.8, 4) is 0 Å². The van der Waals surface area contributed by atoms with E-state index in [4.69, 9.17) is 4.42 Å². The van der Waals surface area contributed by atoms with Gasteiger partial charge in [0.05, 0.1) is 19.1 Å². The molecule has 84 valence electrons. The van der Waals surface area contributed by atoms with Gasteiger partial charge >= 0.3 is 5.97 Å². The number of rotatable bonds is 6. The largest absolute Gasteiger partial charge is 0.469 e. The number of carbonyl (C=O) groups is 1. The summed E-state index contributed by atoms with van der Waals surface area (Å²) in [6, 6.07) is 0. The topological polar surface area (TPSA) is 52.3 Å². The molecule has 0 saturated carbocycles. The standard InChI is InChI=1S/C10H15NO3S/c1-3-4-15-7-8-6-11-9(14-8)5-10(12)13-2/h6H,3-5,7H2,1-2H3. The van der Waals surface area contributed by atoms with Crippen LogP contribution in [0.1, 0.15) is 25.0 Å². The molecule has 0 fully saturated rings. The van der Waals surface area contributed by atoms with E-state index in [0.717, 1.165) is 23.7 Å². The monoisotopic (exact) mass is 229 g/mol. The minimum Gasteiger partial charge on any atom is -0.469 e. The highest BCUT2D eigenvalue weighted by Crippen LogP contribution is 2.14. The fourth-order valence-corrected chi connectivity index (χ4v) is 1.78. The van der Waals surface area contributed by atoms with E-state index in [1.807, 2.05) is 0 Å². The lowest BCUT2D eigenvalue weighted by Crippen LogP contribution is -2.04. The Hall–Kier alpha value is -0.970. The molecule has 0 unspecified atom stereocenters. The van der Waals surface area contributed by atoms with Gasteiger partial charge < -0.3 is 9.15 Å². The van der Waals surface area contributed by atoms with Crippen LogP contribution in [0.15, 0.2) is 10.6 Å². The fraction of sp³-hybridized carbons (Fsp3) is 0.600. The van der Waals surface area contributed by atoms with Gasteiger partial charge in [0.15, 0.2) is 0 Å². The van der Waals surface area contributed by atoms with Gasteiger partial charge in [0.25, 0.3) is 0 Å². The molecule has 4 nitrogen and oxygen atoms in total. The van der Waals surface area contributed by atoms with Crippen LogP contribution in [-0.4, -0.2) is 23.8 Å². The number of carbonyl (C=O) groups excluding carboxylic acids is 1. The highest BCUT2D eigenvalue weighted by atomic mass is 32.2. The van der Waals surface area contributed by atoms with Gasteiger partial charge in [-0.25, -0.2) is 4.98 Å². The molecule has 1 aromatic heterocycles. The molecule has 0 spiro atoms. The second-order valence-electron chi connectivity index (χ2n) is 3.03. The van der Waals surface area contributed by atoms with Crippen molar-refractivity contribution in [2.45, 2.75) is 25.5 Å². The predicted octanol–water partition coefficient (Wildman–Crippen LogP) is 2.03. The molecule has 0 radical (unpaired) electrons. The van der Waals surface area contributed by atoms with Crippen LogP contribution < -0.4 is 0 Å². The average Bonchev–Trinajstić information content (AvgIpc) is 2.66. The fourth-order valence-electron chi connectivity index (χ4n) is 1.01. The summed E-state index contributed by atoms with van der Waals surface area (Å²) in [4.78, 5) is 14.9. The van der Waals surface area contributed by atoms with E-state index in [0.29, 0.717) is 5.89 Å². The van der Waals surface area contributed by atoms with E-state index < -0.39 is 0 Å². The van der Waals surface area contributed by atoms with Gasteiger partial charge in [-0.15, -0.1) is 0 Å². The lowest BCUT2D eigenvalue weighted by molar-refractivity contribution is -0.140. The van der Waals surface area contributed by atoms with Gasteiger partial charge in [-0.3, -0.25) is 4.79 Å². The average molecular weight is 229 g/mol. The van der Waals surface area contributed by atoms with E-state index in [2.05, 4.69) is 16.6 Å². The smallest absolute Gasteiger partial charge is 0.314 e. The lowest BCUT2D eigenvalue weighted by Gasteiger charge is -1.95. The summed E-state index contributed by atoms with van der Waals surface area (Å²) in [7, 11) is 1.35. The normalized spacial score (nSPS) is 10.3. The Morgan fingerprint density at radius 1 is 1.67 bits per heavy atom. The van der Waals surface area contributed by atoms with Crippen molar-refractivity contribution in [1.29, 1.82) is 0 Å². The Kier molecular flexibility index (Phi) is 5.25. The van der Waals surface area contributed by atoms with Crippen molar-refractivity contribution in [3.05, 3.63) is 17.8 Å². The molecule has 15 heavy (non-hydrogen) atoms. The molecule has 1 heterocycles.